The summed E-state index contributed by atoms with van der Waals surface area (Å²) in [6.45, 7) is 2.18. The van der Waals surface area contributed by atoms with Gasteiger partial charge in [-0.1, -0.05) is 23.7 Å². The Morgan fingerprint density at radius 2 is 2.08 bits per heavy atom. The Bertz CT molecular complexity index is 1210. The SMILES string of the molecule is Cn1c(=O)c2cc(Cl)ccc2n2cnc(-n3cc(C4(C)CC4)nn3)c12. The number of halogens is 1. The van der Waals surface area contributed by atoms with Crippen molar-refractivity contribution in [2.75, 3.05) is 0 Å². The first-order valence-electron chi connectivity index (χ1n) is 8.06. The summed E-state index contributed by atoms with van der Waals surface area (Å²) in [6.07, 6.45) is 5.85. The maximum absolute atomic E-state index is 12.8. The van der Waals surface area contributed by atoms with Crippen molar-refractivity contribution in [1.29, 1.82) is 0 Å². The van der Waals surface area contributed by atoms with Crippen molar-refractivity contribution in [3.05, 3.63) is 51.8 Å². The summed E-state index contributed by atoms with van der Waals surface area (Å²) in [6, 6.07) is 5.28. The fourth-order valence-electron chi connectivity index (χ4n) is 3.24. The molecule has 1 aliphatic carbocycles. The molecule has 7 nitrogen and oxygen atoms in total. The molecule has 0 unspecified atom stereocenters. The predicted octanol–water partition coefficient (Wildman–Crippen LogP) is 2.47. The molecular formula is C17H15ClN6O. The molecule has 1 aliphatic rings. The standard InChI is InChI=1S/C17H15ClN6O/c1-17(5-6-17)13-8-24(21-20-13)14-15-22(2)16(25)11-7-10(18)3-4-12(11)23(15)9-19-14/h3-4,7-9H,5-6H2,1-2H3. The summed E-state index contributed by atoms with van der Waals surface area (Å²) in [5.74, 6) is 0.583. The molecule has 0 radical (unpaired) electrons. The van der Waals surface area contributed by atoms with E-state index in [-0.39, 0.29) is 11.0 Å². The number of aryl methyl sites for hydroxylation is 1. The van der Waals surface area contributed by atoms with Crippen molar-refractivity contribution in [3.8, 4) is 5.82 Å². The quantitative estimate of drug-likeness (QED) is 0.554. The molecule has 3 heterocycles. The van der Waals surface area contributed by atoms with Gasteiger partial charge in [0.2, 0.25) is 0 Å². The molecule has 8 heteroatoms. The highest BCUT2D eigenvalue weighted by atomic mass is 35.5. The van der Waals surface area contributed by atoms with E-state index >= 15 is 0 Å². The summed E-state index contributed by atoms with van der Waals surface area (Å²) in [5.41, 5.74) is 2.39. The average molecular weight is 355 g/mol. The Morgan fingerprint density at radius 3 is 2.84 bits per heavy atom. The molecule has 3 aromatic heterocycles. The highest BCUT2D eigenvalue weighted by molar-refractivity contribution is 6.31. The first kappa shape index (κ1) is 14.7. The smallest absolute Gasteiger partial charge is 0.261 e. The number of imidazole rings is 1. The van der Waals surface area contributed by atoms with Gasteiger partial charge in [0.25, 0.3) is 5.56 Å². The zero-order chi connectivity index (χ0) is 17.3. The highest BCUT2D eigenvalue weighted by Crippen LogP contribution is 2.46. The number of fused-ring (bicyclic) bond motifs is 3. The zero-order valence-corrected chi connectivity index (χ0v) is 14.5. The summed E-state index contributed by atoms with van der Waals surface area (Å²) in [7, 11) is 1.73. The number of benzene rings is 1. The lowest BCUT2D eigenvalue weighted by atomic mass is 10.1. The van der Waals surface area contributed by atoms with E-state index in [4.69, 9.17) is 11.6 Å². The number of nitrogens with zero attached hydrogens (tertiary/aromatic N) is 6. The van der Waals surface area contributed by atoms with Gasteiger partial charge in [-0.25, -0.2) is 4.98 Å². The lowest BCUT2D eigenvalue weighted by Crippen LogP contribution is -2.20. The molecule has 0 atom stereocenters. The van der Waals surface area contributed by atoms with Crippen LogP contribution in [-0.2, 0) is 12.5 Å². The van der Waals surface area contributed by atoms with Crippen molar-refractivity contribution < 1.29 is 0 Å². The largest absolute Gasteiger partial charge is 0.294 e. The van der Waals surface area contributed by atoms with Gasteiger partial charge in [0, 0.05) is 17.5 Å². The third-order valence-electron chi connectivity index (χ3n) is 5.12. The Hall–Kier alpha value is -2.67. The molecule has 25 heavy (non-hydrogen) atoms. The van der Waals surface area contributed by atoms with Crippen LogP contribution in [-0.4, -0.2) is 28.9 Å². The van der Waals surface area contributed by atoms with E-state index in [1.165, 1.54) is 0 Å². The molecule has 0 spiro atoms. The average Bonchev–Trinajstić information content (AvgIpc) is 3.04. The van der Waals surface area contributed by atoms with E-state index in [1.807, 2.05) is 16.7 Å². The first-order valence-corrected chi connectivity index (χ1v) is 8.44. The van der Waals surface area contributed by atoms with E-state index in [0.717, 1.165) is 24.1 Å². The lowest BCUT2D eigenvalue weighted by molar-refractivity contribution is 0.731. The van der Waals surface area contributed by atoms with Crippen molar-refractivity contribution in [2.24, 2.45) is 7.05 Å². The van der Waals surface area contributed by atoms with Crippen molar-refractivity contribution in [1.82, 2.24) is 28.9 Å². The second-order valence-electron chi connectivity index (χ2n) is 6.90. The molecular weight excluding hydrogens is 340 g/mol. The van der Waals surface area contributed by atoms with Crippen LogP contribution in [0.3, 0.4) is 0 Å². The van der Waals surface area contributed by atoms with Crippen molar-refractivity contribution in [3.63, 3.8) is 0 Å². The first-order chi connectivity index (χ1) is 12.0. The predicted molar refractivity (Wildman–Crippen MR) is 94.5 cm³/mol. The Balaban J connectivity index is 1.81. The van der Waals surface area contributed by atoms with E-state index < -0.39 is 0 Å². The van der Waals surface area contributed by atoms with Crippen molar-refractivity contribution >= 4 is 28.2 Å². The van der Waals surface area contributed by atoms with Crippen LogP contribution in [0, 0.1) is 0 Å². The van der Waals surface area contributed by atoms with Crippen LogP contribution in [0.5, 0.6) is 0 Å². The van der Waals surface area contributed by atoms with Crippen LogP contribution in [0.4, 0.5) is 0 Å². The van der Waals surface area contributed by atoms with Gasteiger partial charge in [-0.15, -0.1) is 5.10 Å². The molecule has 1 aromatic carbocycles. The topological polar surface area (TPSA) is 70.0 Å². The fourth-order valence-corrected chi connectivity index (χ4v) is 3.41. The Kier molecular flexibility index (Phi) is 2.75. The van der Waals surface area contributed by atoms with Crippen LogP contribution in [0.1, 0.15) is 25.5 Å². The second-order valence-corrected chi connectivity index (χ2v) is 7.33. The van der Waals surface area contributed by atoms with Crippen LogP contribution in [0.25, 0.3) is 22.4 Å². The van der Waals surface area contributed by atoms with Crippen LogP contribution >= 0.6 is 11.6 Å². The van der Waals surface area contributed by atoms with E-state index in [9.17, 15) is 4.79 Å². The Morgan fingerprint density at radius 1 is 1.28 bits per heavy atom. The molecule has 0 bridgehead atoms. The monoisotopic (exact) mass is 354 g/mol. The molecule has 0 saturated heterocycles. The number of aromatic nitrogens is 6. The molecule has 1 fully saturated rings. The minimum atomic E-state index is -0.124. The fraction of sp³-hybridized carbons (Fsp3) is 0.294. The molecule has 126 valence electrons. The minimum Gasteiger partial charge on any atom is -0.294 e. The molecule has 0 N–H and O–H groups in total. The van der Waals surface area contributed by atoms with Gasteiger partial charge < -0.3 is 0 Å². The molecule has 0 amide bonds. The van der Waals surface area contributed by atoms with Crippen LogP contribution < -0.4 is 5.56 Å². The van der Waals surface area contributed by atoms with Gasteiger partial charge in [0.1, 0.15) is 6.33 Å². The van der Waals surface area contributed by atoms with Gasteiger partial charge in [-0.05, 0) is 31.0 Å². The third kappa shape index (κ3) is 1.99. The van der Waals surface area contributed by atoms with Crippen molar-refractivity contribution in [2.45, 2.75) is 25.2 Å². The molecule has 5 rings (SSSR count). The molecule has 0 aliphatic heterocycles. The minimum absolute atomic E-state index is 0.124. The lowest BCUT2D eigenvalue weighted by Gasteiger charge is -2.08. The maximum atomic E-state index is 12.8. The molecule has 1 saturated carbocycles. The molecule has 4 aromatic rings. The van der Waals surface area contributed by atoms with Gasteiger partial charge in [0.05, 0.1) is 22.8 Å². The number of hydrogen-bond donors (Lipinski definition) is 0. The van der Waals surface area contributed by atoms with E-state index in [0.29, 0.717) is 21.9 Å². The van der Waals surface area contributed by atoms with Gasteiger partial charge in [-0.3, -0.25) is 13.8 Å². The second kappa shape index (κ2) is 4.70. The summed E-state index contributed by atoms with van der Waals surface area (Å²) < 4.78 is 5.10. The Labute approximate surface area is 147 Å². The van der Waals surface area contributed by atoms with Gasteiger partial charge >= 0.3 is 0 Å². The van der Waals surface area contributed by atoms with Gasteiger partial charge in [-0.2, -0.15) is 4.68 Å². The van der Waals surface area contributed by atoms with E-state index in [1.54, 1.807) is 34.8 Å². The normalized spacial score (nSPS) is 16.0. The van der Waals surface area contributed by atoms with Gasteiger partial charge in [0.15, 0.2) is 11.5 Å². The number of rotatable bonds is 2. The number of hydrogen-bond acceptors (Lipinski definition) is 4. The highest BCUT2D eigenvalue weighted by Gasteiger charge is 2.41. The maximum Gasteiger partial charge on any atom is 0.261 e. The zero-order valence-electron chi connectivity index (χ0n) is 13.8. The summed E-state index contributed by atoms with van der Waals surface area (Å²) in [4.78, 5) is 17.3. The third-order valence-corrected chi connectivity index (χ3v) is 5.36. The summed E-state index contributed by atoms with van der Waals surface area (Å²) in [5, 5.41) is 9.61. The van der Waals surface area contributed by atoms with E-state index in [2.05, 4.69) is 22.2 Å². The summed E-state index contributed by atoms with van der Waals surface area (Å²) >= 11 is 6.05. The van der Waals surface area contributed by atoms with Crippen LogP contribution in [0.15, 0.2) is 35.5 Å². The van der Waals surface area contributed by atoms with Crippen LogP contribution in [0.2, 0.25) is 5.02 Å².